The zero-order valence-electron chi connectivity index (χ0n) is 10.9. The molecule has 0 saturated carbocycles. The van der Waals surface area contributed by atoms with Crippen LogP contribution in [0.15, 0.2) is 12.1 Å². The number of benzene rings is 1. The van der Waals surface area contributed by atoms with Crippen molar-refractivity contribution < 1.29 is 23.7 Å². The Morgan fingerprint density at radius 1 is 1.06 bits per heavy atom. The summed E-state index contributed by atoms with van der Waals surface area (Å²) < 4.78 is 26.4. The molecule has 0 radical (unpaired) electrons. The summed E-state index contributed by atoms with van der Waals surface area (Å²) in [5.41, 5.74) is 0.927. The highest BCUT2D eigenvalue weighted by atomic mass is 16.6. The lowest BCUT2D eigenvalue weighted by molar-refractivity contribution is 0.102. The van der Waals surface area contributed by atoms with E-state index in [0.29, 0.717) is 24.7 Å². The Labute approximate surface area is 107 Å². The van der Waals surface area contributed by atoms with Crippen molar-refractivity contribution in [1.29, 1.82) is 0 Å². The van der Waals surface area contributed by atoms with Gasteiger partial charge in [-0.05, 0) is 6.07 Å². The molecule has 0 aliphatic carbocycles. The van der Waals surface area contributed by atoms with Crippen LogP contribution in [0.5, 0.6) is 17.2 Å². The fourth-order valence-corrected chi connectivity index (χ4v) is 1.67. The van der Waals surface area contributed by atoms with Crippen molar-refractivity contribution in [2.45, 2.75) is 12.7 Å². The summed E-state index contributed by atoms with van der Waals surface area (Å²) in [6.45, 7) is 1.87. The van der Waals surface area contributed by atoms with E-state index in [1.165, 1.54) is 0 Å². The van der Waals surface area contributed by atoms with Crippen LogP contribution in [0.4, 0.5) is 0 Å². The van der Waals surface area contributed by atoms with Gasteiger partial charge in [0.1, 0.15) is 11.9 Å². The van der Waals surface area contributed by atoms with Crippen LogP contribution in [0.2, 0.25) is 0 Å². The van der Waals surface area contributed by atoms with Crippen molar-refractivity contribution in [2.24, 2.45) is 0 Å². The number of hydrogen-bond acceptors (Lipinski definition) is 5. The molecule has 1 fully saturated rings. The summed E-state index contributed by atoms with van der Waals surface area (Å²) in [4.78, 5) is 0. The lowest BCUT2D eigenvalue weighted by atomic mass is 10.2. The van der Waals surface area contributed by atoms with Crippen LogP contribution in [0.1, 0.15) is 5.56 Å². The molecule has 100 valence electrons. The highest BCUT2D eigenvalue weighted by molar-refractivity contribution is 5.50. The predicted molar refractivity (Wildman–Crippen MR) is 65.5 cm³/mol. The summed E-state index contributed by atoms with van der Waals surface area (Å²) in [5, 5.41) is 0. The van der Waals surface area contributed by atoms with Crippen molar-refractivity contribution in [1.82, 2.24) is 0 Å². The Hall–Kier alpha value is -1.46. The topological polar surface area (TPSA) is 49.5 Å². The van der Waals surface area contributed by atoms with E-state index in [1.54, 1.807) is 27.4 Å². The second-order valence-electron chi connectivity index (χ2n) is 3.99. The third kappa shape index (κ3) is 3.05. The number of hydrogen-bond donors (Lipinski definition) is 0. The molecule has 5 heteroatoms. The molecule has 0 aromatic heterocycles. The van der Waals surface area contributed by atoms with Gasteiger partial charge in [-0.2, -0.15) is 0 Å². The van der Waals surface area contributed by atoms with Gasteiger partial charge in [0.2, 0.25) is 0 Å². The molecule has 1 heterocycles. The second-order valence-corrected chi connectivity index (χ2v) is 3.99. The minimum absolute atomic E-state index is 0.260. The van der Waals surface area contributed by atoms with E-state index in [1.807, 2.05) is 6.07 Å². The molecule has 5 nitrogen and oxygen atoms in total. The molecule has 1 saturated heterocycles. The standard InChI is InChI=1S/C13H18O5/c1-14-11-5-13(16-3)12(15-2)4-9(11)6-17-7-10-8-18-10/h4-5,10H,6-8H2,1-3H3. The third-order valence-corrected chi connectivity index (χ3v) is 2.75. The minimum atomic E-state index is 0.260. The number of ether oxygens (including phenoxy) is 5. The predicted octanol–water partition coefficient (Wildman–Crippen LogP) is 1.63. The summed E-state index contributed by atoms with van der Waals surface area (Å²) in [6, 6.07) is 3.66. The van der Waals surface area contributed by atoms with E-state index < -0.39 is 0 Å². The van der Waals surface area contributed by atoms with Crippen LogP contribution in [-0.4, -0.2) is 40.6 Å². The zero-order valence-corrected chi connectivity index (χ0v) is 10.9. The van der Waals surface area contributed by atoms with Crippen LogP contribution in [0.25, 0.3) is 0 Å². The first kappa shape index (κ1) is 13.0. The van der Waals surface area contributed by atoms with Crippen LogP contribution in [0.3, 0.4) is 0 Å². The van der Waals surface area contributed by atoms with Gasteiger partial charge in [0.15, 0.2) is 11.5 Å². The van der Waals surface area contributed by atoms with E-state index in [0.717, 1.165) is 17.9 Å². The number of epoxide rings is 1. The molecule has 0 amide bonds. The van der Waals surface area contributed by atoms with Gasteiger partial charge in [-0.25, -0.2) is 0 Å². The lowest BCUT2D eigenvalue weighted by Crippen LogP contribution is -2.03. The first-order valence-electron chi connectivity index (χ1n) is 5.76. The SMILES string of the molecule is COc1cc(OC)c(OC)cc1COCC1CO1. The molecule has 1 aliphatic rings. The summed E-state index contributed by atoms with van der Waals surface area (Å²) in [7, 11) is 4.82. The third-order valence-electron chi connectivity index (χ3n) is 2.75. The summed E-state index contributed by atoms with van der Waals surface area (Å²) in [6.07, 6.45) is 0.260. The van der Waals surface area contributed by atoms with Crippen molar-refractivity contribution in [3.63, 3.8) is 0 Å². The highest BCUT2D eigenvalue weighted by Gasteiger charge is 2.22. The van der Waals surface area contributed by atoms with Crippen molar-refractivity contribution in [3.05, 3.63) is 17.7 Å². The molecule has 0 N–H and O–H groups in total. The molecular weight excluding hydrogens is 236 g/mol. The van der Waals surface area contributed by atoms with Gasteiger partial charge in [-0.3, -0.25) is 0 Å². The van der Waals surface area contributed by atoms with E-state index in [9.17, 15) is 0 Å². The van der Waals surface area contributed by atoms with Gasteiger partial charge in [0, 0.05) is 11.6 Å². The Kier molecular flexibility index (Phi) is 4.28. The average Bonchev–Trinajstić information content (AvgIpc) is 3.22. The molecule has 1 unspecified atom stereocenters. The fourth-order valence-electron chi connectivity index (χ4n) is 1.67. The van der Waals surface area contributed by atoms with Gasteiger partial charge in [0.25, 0.3) is 0 Å². The second kappa shape index (κ2) is 5.93. The molecule has 1 aromatic carbocycles. The molecule has 2 rings (SSSR count). The van der Waals surface area contributed by atoms with E-state index >= 15 is 0 Å². The smallest absolute Gasteiger partial charge is 0.164 e. The maximum absolute atomic E-state index is 5.56. The number of rotatable bonds is 7. The number of methoxy groups -OCH3 is 3. The monoisotopic (exact) mass is 254 g/mol. The van der Waals surface area contributed by atoms with Crippen LogP contribution < -0.4 is 14.2 Å². The first-order valence-corrected chi connectivity index (χ1v) is 5.76. The minimum Gasteiger partial charge on any atom is -0.496 e. The first-order chi connectivity index (χ1) is 8.78. The zero-order chi connectivity index (χ0) is 13.0. The largest absolute Gasteiger partial charge is 0.496 e. The van der Waals surface area contributed by atoms with Gasteiger partial charge in [0.05, 0.1) is 41.2 Å². The molecular formula is C13H18O5. The van der Waals surface area contributed by atoms with Crippen molar-refractivity contribution >= 4 is 0 Å². The van der Waals surface area contributed by atoms with E-state index in [2.05, 4.69) is 0 Å². The normalized spacial score (nSPS) is 17.4. The fraction of sp³-hybridized carbons (Fsp3) is 0.538. The van der Waals surface area contributed by atoms with Gasteiger partial charge >= 0.3 is 0 Å². The molecule has 0 bridgehead atoms. The van der Waals surface area contributed by atoms with Crippen LogP contribution >= 0.6 is 0 Å². The highest BCUT2D eigenvalue weighted by Crippen LogP contribution is 2.34. The van der Waals surface area contributed by atoms with Crippen LogP contribution in [0, 0.1) is 0 Å². The Balaban J connectivity index is 2.09. The Morgan fingerprint density at radius 2 is 1.67 bits per heavy atom. The van der Waals surface area contributed by atoms with E-state index in [4.69, 9.17) is 23.7 Å². The Bertz CT molecular complexity index is 401. The molecule has 18 heavy (non-hydrogen) atoms. The van der Waals surface area contributed by atoms with E-state index in [-0.39, 0.29) is 6.10 Å². The van der Waals surface area contributed by atoms with Crippen LogP contribution in [-0.2, 0) is 16.1 Å². The van der Waals surface area contributed by atoms with Gasteiger partial charge in [-0.15, -0.1) is 0 Å². The van der Waals surface area contributed by atoms with Crippen molar-refractivity contribution in [3.8, 4) is 17.2 Å². The lowest BCUT2D eigenvalue weighted by Gasteiger charge is -2.14. The van der Waals surface area contributed by atoms with Gasteiger partial charge in [-0.1, -0.05) is 0 Å². The summed E-state index contributed by atoms with van der Waals surface area (Å²) >= 11 is 0. The quantitative estimate of drug-likeness (QED) is 0.692. The molecule has 1 aliphatic heterocycles. The van der Waals surface area contributed by atoms with Crippen molar-refractivity contribution in [2.75, 3.05) is 34.5 Å². The maximum atomic E-state index is 5.56. The molecule has 1 aromatic rings. The molecule has 0 spiro atoms. The molecule has 1 atom stereocenters. The Morgan fingerprint density at radius 3 is 2.22 bits per heavy atom. The maximum Gasteiger partial charge on any atom is 0.164 e. The van der Waals surface area contributed by atoms with Gasteiger partial charge < -0.3 is 23.7 Å². The average molecular weight is 254 g/mol. The summed E-state index contributed by atoms with van der Waals surface area (Å²) in [5.74, 6) is 2.03.